The first-order valence-electron chi connectivity index (χ1n) is 9.93. The largest absolute Gasteiger partial charge is 0.497 e. The van der Waals surface area contributed by atoms with E-state index in [0.29, 0.717) is 36.8 Å². The van der Waals surface area contributed by atoms with Gasteiger partial charge in [0.1, 0.15) is 11.5 Å². The highest BCUT2D eigenvalue weighted by molar-refractivity contribution is 7.89. The minimum atomic E-state index is -3.56. The van der Waals surface area contributed by atoms with Gasteiger partial charge in [-0.15, -0.1) is 0 Å². The molecule has 0 aliphatic carbocycles. The predicted molar refractivity (Wildman–Crippen MR) is 114 cm³/mol. The molecule has 8 heteroatoms. The number of carbonyl (C=O) groups excluding carboxylic acids is 1. The molecule has 7 nitrogen and oxygen atoms in total. The van der Waals surface area contributed by atoms with Crippen molar-refractivity contribution in [3.8, 4) is 11.5 Å². The zero-order chi connectivity index (χ0) is 21.7. The fourth-order valence-electron chi connectivity index (χ4n) is 3.39. The monoisotopic (exact) mass is 432 g/mol. The Kier molecular flexibility index (Phi) is 6.99. The number of rotatable bonds is 7. The Hall–Kier alpha value is -2.58. The third kappa shape index (κ3) is 5.12. The van der Waals surface area contributed by atoms with E-state index in [2.05, 4.69) is 0 Å². The number of carbonyl (C=O) groups is 1. The van der Waals surface area contributed by atoms with Crippen LogP contribution in [0.5, 0.6) is 11.5 Å². The second-order valence-corrected chi connectivity index (χ2v) is 9.23. The maximum atomic E-state index is 13.0. The van der Waals surface area contributed by atoms with Gasteiger partial charge in [-0.3, -0.25) is 4.79 Å². The van der Waals surface area contributed by atoms with Gasteiger partial charge in [0.15, 0.2) is 0 Å². The molecule has 0 bridgehead atoms. The minimum Gasteiger partial charge on any atom is -0.497 e. The Balaban J connectivity index is 1.50. The van der Waals surface area contributed by atoms with E-state index in [1.165, 1.54) is 4.31 Å². The van der Waals surface area contributed by atoms with Crippen LogP contribution < -0.4 is 9.47 Å². The number of amides is 1. The van der Waals surface area contributed by atoms with Crippen LogP contribution in [0, 0.1) is 13.8 Å². The Bertz CT molecular complexity index is 981. The summed E-state index contributed by atoms with van der Waals surface area (Å²) < 4.78 is 38.2. The molecule has 2 aromatic carbocycles. The lowest BCUT2D eigenvalue weighted by Gasteiger charge is -2.34. The minimum absolute atomic E-state index is 0.0349. The second-order valence-electron chi connectivity index (χ2n) is 7.33. The number of hydrogen-bond donors (Lipinski definition) is 0. The SMILES string of the molecule is COc1ccc(OCCC(=O)N2CCN(S(=O)(=O)c3cc(C)ccc3C)CC2)cc1. The molecule has 1 fully saturated rings. The van der Waals surface area contributed by atoms with Crippen molar-refractivity contribution in [2.45, 2.75) is 25.2 Å². The number of aryl methyl sites for hydroxylation is 2. The first kappa shape index (κ1) is 22.1. The fourth-order valence-corrected chi connectivity index (χ4v) is 5.12. The Morgan fingerprint density at radius 1 is 0.967 bits per heavy atom. The lowest BCUT2D eigenvalue weighted by molar-refractivity contribution is -0.132. The normalized spacial score (nSPS) is 15.1. The van der Waals surface area contributed by atoms with Crippen molar-refractivity contribution in [3.63, 3.8) is 0 Å². The number of ether oxygens (including phenoxy) is 2. The zero-order valence-electron chi connectivity index (χ0n) is 17.6. The molecule has 1 heterocycles. The maximum Gasteiger partial charge on any atom is 0.243 e. The van der Waals surface area contributed by atoms with Gasteiger partial charge in [-0.2, -0.15) is 4.31 Å². The third-order valence-corrected chi connectivity index (χ3v) is 7.24. The van der Waals surface area contributed by atoms with Gasteiger partial charge >= 0.3 is 0 Å². The van der Waals surface area contributed by atoms with Crippen molar-refractivity contribution in [1.29, 1.82) is 0 Å². The molecule has 0 radical (unpaired) electrons. The average Bonchev–Trinajstić information content (AvgIpc) is 2.76. The summed E-state index contributed by atoms with van der Waals surface area (Å²) in [7, 11) is -1.96. The molecule has 0 N–H and O–H groups in total. The van der Waals surface area contributed by atoms with Crippen LogP contribution in [0.25, 0.3) is 0 Å². The molecule has 1 aliphatic heterocycles. The molecular formula is C22H28N2O5S. The summed E-state index contributed by atoms with van der Waals surface area (Å²) in [6.45, 7) is 5.29. The highest BCUT2D eigenvalue weighted by Gasteiger charge is 2.31. The van der Waals surface area contributed by atoms with Gasteiger partial charge in [0.25, 0.3) is 0 Å². The quantitative estimate of drug-likeness (QED) is 0.672. The molecule has 0 saturated carbocycles. The Labute approximate surface area is 178 Å². The van der Waals surface area contributed by atoms with Gasteiger partial charge in [-0.05, 0) is 55.3 Å². The molecule has 0 spiro atoms. The molecular weight excluding hydrogens is 404 g/mol. The van der Waals surface area contributed by atoms with Gasteiger partial charge in [-0.25, -0.2) is 8.42 Å². The van der Waals surface area contributed by atoms with Crippen molar-refractivity contribution in [2.24, 2.45) is 0 Å². The van der Waals surface area contributed by atoms with Crippen molar-refractivity contribution in [3.05, 3.63) is 53.6 Å². The highest BCUT2D eigenvalue weighted by Crippen LogP contribution is 2.23. The topological polar surface area (TPSA) is 76.2 Å². The van der Waals surface area contributed by atoms with Crippen LogP contribution >= 0.6 is 0 Å². The molecule has 1 amide bonds. The lowest BCUT2D eigenvalue weighted by Crippen LogP contribution is -2.50. The average molecular weight is 433 g/mol. The number of methoxy groups -OCH3 is 1. The number of sulfonamides is 1. The van der Waals surface area contributed by atoms with E-state index in [1.54, 1.807) is 49.3 Å². The highest BCUT2D eigenvalue weighted by atomic mass is 32.2. The van der Waals surface area contributed by atoms with Crippen molar-refractivity contribution < 1.29 is 22.7 Å². The van der Waals surface area contributed by atoms with Crippen LogP contribution in [0.2, 0.25) is 0 Å². The van der Waals surface area contributed by atoms with E-state index in [0.717, 1.165) is 16.9 Å². The fraction of sp³-hybridized carbons (Fsp3) is 0.409. The van der Waals surface area contributed by atoms with Gasteiger partial charge < -0.3 is 14.4 Å². The summed E-state index contributed by atoms with van der Waals surface area (Å²) in [6, 6.07) is 12.6. The molecule has 0 unspecified atom stereocenters. The molecule has 2 aromatic rings. The van der Waals surface area contributed by atoms with Crippen molar-refractivity contribution in [2.75, 3.05) is 39.9 Å². The molecule has 3 rings (SSSR count). The second kappa shape index (κ2) is 9.49. The van der Waals surface area contributed by atoms with Gasteiger partial charge in [0, 0.05) is 26.2 Å². The lowest BCUT2D eigenvalue weighted by atomic mass is 10.2. The number of piperazine rings is 1. The third-order valence-electron chi connectivity index (χ3n) is 5.20. The first-order valence-corrected chi connectivity index (χ1v) is 11.4. The molecule has 1 aliphatic rings. The summed E-state index contributed by atoms with van der Waals surface area (Å²) >= 11 is 0. The number of hydrogen-bond acceptors (Lipinski definition) is 5. The van der Waals surface area contributed by atoms with Crippen molar-refractivity contribution in [1.82, 2.24) is 9.21 Å². The Morgan fingerprint density at radius 3 is 2.23 bits per heavy atom. The maximum absolute atomic E-state index is 13.0. The summed E-state index contributed by atoms with van der Waals surface area (Å²) in [5.41, 5.74) is 1.64. The van der Waals surface area contributed by atoms with Crippen LogP contribution in [-0.2, 0) is 14.8 Å². The molecule has 30 heavy (non-hydrogen) atoms. The Morgan fingerprint density at radius 2 is 1.60 bits per heavy atom. The van der Waals surface area contributed by atoms with Crippen LogP contribution in [0.3, 0.4) is 0 Å². The van der Waals surface area contributed by atoms with Gasteiger partial charge in [0.2, 0.25) is 15.9 Å². The van der Waals surface area contributed by atoms with E-state index in [4.69, 9.17) is 9.47 Å². The standard InChI is InChI=1S/C22H28N2O5S/c1-17-4-5-18(2)21(16-17)30(26,27)24-13-11-23(12-14-24)22(25)10-15-29-20-8-6-19(28-3)7-9-20/h4-9,16H,10-15H2,1-3H3. The van der Waals surface area contributed by atoms with E-state index >= 15 is 0 Å². The van der Waals surface area contributed by atoms with E-state index in [-0.39, 0.29) is 18.9 Å². The van der Waals surface area contributed by atoms with E-state index in [1.807, 2.05) is 19.1 Å². The van der Waals surface area contributed by atoms with E-state index < -0.39 is 10.0 Å². The summed E-state index contributed by atoms with van der Waals surface area (Å²) in [5, 5.41) is 0. The number of nitrogens with zero attached hydrogens (tertiary/aromatic N) is 2. The zero-order valence-corrected chi connectivity index (χ0v) is 18.4. The number of benzene rings is 2. The summed E-state index contributed by atoms with van der Waals surface area (Å²) in [4.78, 5) is 14.5. The molecule has 0 atom stereocenters. The van der Waals surface area contributed by atoms with Crippen LogP contribution in [-0.4, -0.2) is 63.4 Å². The van der Waals surface area contributed by atoms with Crippen LogP contribution in [0.15, 0.2) is 47.4 Å². The smallest absolute Gasteiger partial charge is 0.243 e. The first-order chi connectivity index (χ1) is 14.3. The van der Waals surface area contributed by atoms with Gasteiger partial charge in [0.05, 0.1) is 25.0 Å². The van der Waals surface area contributed by atoms with Crippen LogP contribution in [0.4, 0.5) is 0 Å². The molecule has 0 aromatic heterocycles. The summed E-state index contributed by atoms with van der Waals surface area (Å²) in [5.74, 6) is 1.38. The van der Waals surface area contributed by atoms with Crippen molar-refractivity contribution >= 4 is 15.9 Å². The predicted octanol–water partition coefficient (Wildman–Crippen LogP) is 2.61. The van der Waals surface area contributed by atoms with Gasteiger partial charge in [-0.1, -0.05) is 12.1 Å². The molecule has 162 valence electrons. The summed E-state index contributed by atoms with van der Waals surface area (Å²) in [6.07, 6.45) is 0.246. The molecule has 1 saturated heterocycles. The van der Waals surface area contributed by atoms with E-state index in [9.17, 15) is 13.2 Å². The van der Waals surface area contributed by atoms with Crippen LogP contribution in [0.1, 0.15) is 17.5 Å².